The van der Waals surface area contributed by atoms with Crippen molar-refractivity contribution >= 4 is 0 Å². The van der Waals surface area contributed by atoms with Gasteiger partial charge in [0.1, 0.15) is 0 Å². The molecule has 56 valence electrons. The average Bonchev–Trinajstić information content (AvgIpc) is 2.05. The summed E-state index contributed by atoms with van der Waals surface area (Å²) in [6.07, 6.45) is 5.04. The van der Waals surface area contributed by atoms with E-state index in [1.807, 2.05) is 6.92 Å². The van der Waals surface area contributed by atoms with Crippen molar-refractivity contribution in [1.29, 1.82) is 0 Å². The Morgan fingerprint density at radius 2 is 2.60 bits per heavy atom. The van der Waals surface area contributed by atoms with Crippen LogP contribution >= 0.6 is 0 Å². The monoisotopic (exact) mass is 138 g/mol. The van der Waals surface area contributed by atoms with Crippen LogP contribution in [0.25, 0.3) is 0 Å². The third-order valence-corrected chi connectivity index (χ3v) is 1.78. The Morgan fingerprint density at radius 1 is 1.80 bits per heavy atom. The number of nitrogens with one attached hydrogen (secondary N) is 1. The van der Waals surface area contributed by atoms with Crippen molar-refractivity contribution in [3.8, 4) is 0 Å². The Balaban J connectivity index is 2.62. The standard InChI is InChI=1S/C8H14N2/c1-7(5-9)8-3-2-4-10-6-8/h3,5,10H,2,4,6,9H2,1H3/b7-5+. The summed E-state index contributed by atoms with van der Waals surface area (Å²) in [6, 6.07) is 0. The topological polar surface area (TPSA) is 38.0 Å². The van der Waals surface area contributed by atoms with Crippen molar-refractivity contribution in [1.82, 2.24) is 5.32 Å². The molecule has 3 N–H and O–H groups in total. The molecule has 0 atom stereocenters. The summed E-state index contributed by atoms with van der Waals surface area (Å²) in [4.78, 5) is 0. The maximum Gasteiger partial charge on any atom is 0.0205 e. The van der Waals surface area contributed by atoms with E-state index in [-0.39, 0.29) is 0 Å². The maximum atomic E-state index is 5.37. The Labute approximate surface area is 61.8 Å². The Morgan fingerprint density at radius 3 is 3.10 bits per heavy atom. The van der Waals surface area contributed by atoms with Crippen LogP contribution in [0.15, 0.2) is 23.4 Å². The number of hydrogen-bond acceptors (Lipinski definition) is 2. The summed E-state index contributed by atoms with van der Waals surface area (Å²) in [5.41, 5.74) is 7.90. The fraction of sp³-hybridized carbons (Fsp3) is 0.500. The van der Waals surface area contributed by atoms with Gasteiger partial charge in [-0.3, -0.25) is 0 Å². The van der Waals surface area contributed by atoms with Crippen LogP contribution in [0.2, 0.25) is 0 Å². The van der Waals surface area contributed by atoms with Crippen molar-refractivity contribution < 1.29 is 0 Å². The van der Waals surface area contributed by atoms with Gasteiger partial charge in [-0.05, 0) is 37.2 Å². The Bertz CT molecular complexity index is 168. The first-order valence-electron chi connectivity index (χ1n) is 3.63. The summed E-state index contributed by atoms with van der Waals surface area (Å²) in [7, 11) is 0. The van der Waals surface area contributed by atoms with Gasteiger partial charge in [-0.15, -0.1) is 0 Å². The molecule has 10 heavy (non-hydrogen) atoms. The van der Waals surface area contributed by atoms with Crippen LogP contribution in [0.5, 0.6) is 0 Å². The molecule has 0 bridgehead atoms. The van der Waals surface area contributed by atoms with Gasteiger partial charge in [0.25, 0.3) is 0 Å². The SMILES string of the molecule is C/C(=C\N)C1=CCCNC1. The van der Waals surface area contributed by atoms with E-state index in [1.54, 1.807) is 6.20 Å². The van der Waals surface area contributed by atoms with E-state index in [1.165, 1.54) is 11.1 Å². The van der Waals surface area contributed by atoms with E-state index < -0.39 is 0 Å². The molecule has 2 heteroatoms. The second-order valence-electron chi connectivity index (χ2n) is 2.54. The zero-order chi connectivity index (χ0) is 7.40. The summed E-state index contributed by atoms with van der Waals surface area (Å²) >= 11 is 0. The highest BCUT2D eigenvalue weighted by molar-refractivity contribution is 5.30. The van der Waals surface area contributed by atoms with E-state index in [4.69, 9.17) is 5.73 Å². The largest absolute Gasteiger partial charge is 0.404 e. The minimum absolute atomic E-state index is 0.972. The lowest BCUT2D eigenvalue weighted by Gasteiger charge is -2.13. The van der Waals surface area contributed by atoms with Gasteiger partial charge in [-0.25, -0.2) is 0 Å². The van der Waals surface area contributed by atoms with Crippen molar-refractivity contribution in [3.63, 3.8) is 0 Å². The van der Waals surface area contributed by atoms with Gasteiger partial charge in [0.2, 0.25) is 0 Å². The lowest BCUT2D eigenvalue weighted by molar-refractivity contribution is 0.706. The second kappa shape index (κ2) is 3.42. The minimum Gasteiger partial charge on any atom is -0.404 e. The first kappa shape index (κ1) is 7.35. The first-order chi connectivity index (χ1) is 4.84. The lowest BCUT2D eigenvalue weighted by Crippen LogP contribution is -2.22. The normalized spacial score (nSPS) is 20.5. The highest BCUT2D eigenvalue weighted by Crippen LogP contribution is 2.09. The highest BCUT2D eigenvalue weighted by atomic mass is 14.9. The molecule has 0 saturated carbocycles. The van der Waals surface area contributed by atoms with Crippen molar-refractivity contribution in [2.24, 2.45) is 5.73 Å². The molecular weight excluding hydrogens is 124 g/mol. The van der Waals surface area contributed by atoms with E-state index in [2.05, 4.69) is 11.4 Å². The molecule has 0 saturated heterocycles. The predicted molar refractivity (Wildman–Crippen MR) is 43.5 cm³/mol. The first-order valence-corrected chi connectivity index (χ1v) is 3.63. The number of hydrogen-bond donors (Lipinski definition) is 2. The predicted octanol–water partition coefficient (Wildman–Crippen LogP) is 0.769. The molecule has 1 aliphatic rings. The van der Waals surface area contributed by atoms with Crippen LogP contribution in [-0.4, -0.2) is 13.1 Å². The molecule has 1 heterocycles. The van der Waals surface area contributed by atoms with E-state index in [0.717, 1.165) is 19.5 Å². The van der Waals surface area contributed by atoms with Gasteiger partial charge in [-0.2, -0.15) is 0 Å². The Kier molecular flexibility index (Phi) is 2.51. The van der Waals surface area contributed by atoms with Gasteiger partial charge < -0.3 is 11.1 Å². The summed E-state index contributed by atoms with van der Waals surface area (Å²) < 4.78 is 0. The Hall–Kier alpha value is -0.760. The van der Waals surface area contributed by atoms with Gasteiger partial charge in [0.15, 0.2) is 0 Å². The third kappa shape index (κ3) is 1.61. The fourth-order valence-corrected chi connectivity index (χ4v) is 1.05. The molecule has 1 rings (SSSR count). The van der Waals surface area contributed by atoms with Crippen molar-refractivity contribution in [3.05, 3.63) is 23.4 Å². The van der Waals surface area contributed by atoms with Crippen LogP contribution in [0, 0.1) is 0 Å². The van der Waals surface area contributed by atoms with Crippen LogP contribution in [-0.2, 0) is 0 Å². The molecule has 0 aromatic rings. The molecule has 0 unspecified atom stereocenters. The molecule has 0 amide bonds. The van der Waals surface area contributed by atoms with E-state index >= 15 is 0 Å². The molecule has 0 aromatic carbocycles. The molecular formula is C8H14N2. The second-order valence-corrected chi connectivity index (χ2v) is 2.54. The van der Waals surface area contributed by atoms with Crippen LogP contribution in [0.4, 0.5) is 0 Å². The van der Waals surface area contributed by atoms with Gasteiger partial charge in [0, 0.05) is 6.54 Å². The van der Waals surface area contributed by atoms with Crippen molar-refractivity contribution in [2.45, 2.75) is 13.3 Å². The summed E-state index contributed by atoms with van der Waals surface area (Å²) in [5.74, 6) is 0. The summed E-state index contributed by atoms with van der Waals surface area (Å²) in [6.45, 7) is 4.11. The average molecular weight is 138 g/mol. The van der Waals surface area contributed by atoms with Crippen LogP contribution in [0.3, 0.4) is 0 Å². The van der Waals surface area contributed by atoms with Crippen molar-refractivity contribution in [2.75, 3.05) is 13.1 Å². The molecule has 0 aliphatic carbocycles. The molecule has 0 spiro atoms. The molecule has 0 radical (unpaired) electrons. The molecule has 0 aromatic heterocycles. The zero-order valence-corrected chi connectivity index (χ0v) is 6.35. The van der Waals surface area contributed by atoms with Gasteiger partial charge >= 0.3 is 0 Å². The van der Waals surface area contributed by atoms with Crippen LogP contribution < -0.4 is 11.1 Å². The fourth-order valence-electron chi connectivity index (χ4n) is 1.05. The van der Waals surface area contributed by atoms with Crippen LogP contribution in [0.1, 0.15) is 13.3 Å². The minimum atomic E-state index is 0.972. The third-order valence-electron chi connectivity index (χ3n) is 1.78. The molecule has 0 fully saturated rings. The smallest absolute Gasteiger partial charge is 0.0205 e. The quantitative estimate of drug-likeness (QED) is 0.561. The number of nitrogens with two attached hydrogens (primary N) is 1. The lowest BCUT2D eigenvalue weighted by atomic mass is 10.1. The molecule has 2 nitrogen and oxygen atoms in total. The maximum absolute atomic E-state index is 5.37. The summed E-state index contributed by atoms with van der Waals surface area (Å²) in [5, 5.41) is 3.29. The van der Waals surface area contributed by atoms with Gasteiger partial charge in [0.05, 0.1) is 0 Å². The highest BCUT2D eigenvalue weighted by Gasteiger charge is 2.02. The van der Waals surface area contributed by atoms with E-state index in [9.17, 15) is 0 Å². The zero-order valence-electron chi connectivity index (χ0n) is 6.35. The molecule has 1 aliphatic heterocycles. The number of rotatable bonds is 1. The van der Waals surface area contributed by atoms with E-state index in [0.29, 0.717) is 0 Å². The van der Waals surface area contributed by atoms with Gasteiger partial charge in [-0.1, -0.05) is 6.08 Å².